The van der Waals surface area contributed by atoms with E-state index in [9.17, 15) is 13.2 Å². The molecule has 1 aromatic carbocycles. The fourth-order valence-electron chi connectivity index (χ4n) is 2.26. The van der Waals surface area contributed by atoms with Crippen LogP contribution in [-0.4, -0.2) is 29.7 Å². The topological polar surface area (TPSA) is 27.7 Å². The van der Waals surface area contributed by atoms with Gasteiger partial charge in [0.15, 0.2) is 22.1 Å². The van der Waals surface area contributed by atoms with Crippen LogP contribution in [0.25, 0.3) is 0 Å². The van der Waals surface area contributed by atoms with E-state index in [4.69, 9.17) is 13.9 Å². The first-order valence-corrected chi connectivity index (χ1v) is 8.26. The monoisotopic (exact) mass is 336 g/mol. The zero-order chi connectivity index (χ0) is 16.6. The molecule has 0 fully saturated rings. The highest BCUT2D eigenvalue weighted by Gasteiger charge is 2.30. The van der Waals surface area contributed by atoms with E-state index in [1.807, 2.05) is 13.8 Å². The Morgan fingerprint density at radius 1 is 0.955 bits per heavy atom. The van der Waals surface area contributed by atoms with Gasteiger partial charge in [-0.1, -0.05) is 0 Å². The van der Waals surface area contributed by atoms with Crippen LogP contribution in [0.5, 0.6) is 0 Å². The van der Waals surface area contributed by atoms with E-state index in [0.29, 0.717) is 55.4 Å². The smallest absolute Gasteiger partial charge is 0.272 e. The lowest BCUT2D eigenvalue weighted by atomic mass is 10.1. The molecule has 0 aromatic heterocycles. The molecule has 7 heteroatoms. The Hall–Kier alpha value is -0.893. The predicted octanol–water partition coefficient (Wildman–Crippen LogP) is 2.84. The van der Waals surface area contributed by atoms with Crippen LogP contribution in [0.3, 0.4) is 0 Å². The molecule has 22 heavy (non-hydrogen) atoms. The highest BCUT2D eigenvalue weighted by molar-refractivity contribution is 5.98. The lowest BCUT2D eigenvalue weighted by molar-refractivity contribution is -0.344. The molecule has 1 aromatic rings. The minimum absolute atomic E-state index is 0.170. The third-order valence-electron chi connectivity index (χ3n) is 3.31. The van der Waals surface area contributed by atoms with Crippen LogP contribution in [0.1, 0.15) is 38.7 Å². The Labute approximate surface area is 132 Å². The first-order valence-electron chi connectivity index (χ1n) is 7.44. The van der Waals surface area contributed by atoms with Gasteiger partial charge in [-0.3, -0.25) is 0 Å². The molecule has 0 heterocycles. The fraction of sp³-hybridized carbons (Fsp3) is 0.600. The van der Waals surface area contributed by atoms with Crippen LogP contribution in [0.15, 0.2) is 12.1 Å². The molecule has 0 atom stereocenters. The molecule has 1 rings (SSSR count). The van der Waals surface area contributed by atoms with Gasteiger partial charge in [0.2, 0.25) is 0 Å². The number of benzene rings is 1. The molecule has 0 aliphatic carbocycles. The third kappa shape index (κ3) is 5.39. The minimum Gasteiger partial charge on any atom is -0.380 e. The molecule has 0 N–H and O–H groups in total. The number of hydrogen-bond acceptors (Lipinski definition) is 3. The van der Waals surface area contributed by atoms with E-state index in [-0.39, 0.29) is 5.56 Å². The number of hydrogen-bond donors (Lipinski definition) is 0. The molecule has 0 saturated heterocycles. The summed E-state index contributed by atoms with van der Waals surface area (Å²) in [5.74, 6) is -3.96. The number of unbranched alkanes of at least 4 members (excludes halogenated alkanes) is 1. The summed E-state index contributed by atoms with van der Waals surface area (Å²) in [5.41, 5.74) is 0.170. The van der Waals surface area contributed by atoms with E-state index in [0.717, 1.165) is 6.07 Å². The summed E-state index contributed by atoms with van der Waals surface area (Å²) in [6.07, 6.45) is 2.07. The average molecular weight is 336 g/mol. The SMILES string of the molecule is CCOC(CCCCc1cc(F)c(F)cc1F)(O[SiH3])OCC. The predicted molar refractivity (Wildman–Crippen MR) is 80.9 cm³/mol. The maximum absolute atomic E-state index is 13.5. The summed E-state index contributed by atoms with van der Waals surface area (Å²) in [6.45, 7) is 4.62. The van der Waals surface area contributed by atoms with Crippen molar-refractivity contribution in [3.63, 3.8) is 0 Å². The summed E-state index contributed by atoms with van der Waals surface area (Å²) in [6, 6.07) is 1.49. The molecular weight excluding hydrogens is 313 g/mol. The van der Waals surface area contributed by atoms with Crippen molar-refractivity contribution in [2.75, 3.05) is 13.2 Å². The first kappa shape index (κ1) is 19.2. The van der Waals surface area contributed by atoms with Crippen molar-refractivity contribution in [2.45, 2.75) is 45.5 Å². The molecule has 0 aliphatic rings. The first-order chi connectivity index (χ1) is 10.5. The van der Waals surface area contributed by atoms with E-state index in [1.165, 1.54) is 0 Å². The van der Waals surface area contributed by atoms with Gasteiger partial charge < -0.3 is 13.9 Å². The van der Waals surface area contributed by atoms with Crippen LogP contribution in [0, 0.1) is 17.5 Å². The molecule has 0 aliphatic heterocycles. The third-order valence-corrected chi connectivity index (χ3v) is 3.93. The lowest BCUT2D eigenvalue weighted by Gasteiger charge is -2.31. The standard InChI is InChI=1S/C15H23F3O3Si/c1-3-19-15(21-22,20-4-2)8-6-5-7-11-9-13(17)14(18)10-12(11)16/h9-10H,3-8H2,1-2,22H3. The second kappa shape index (κ2) is 9.29. The Morgan fingerprint density at radius 3 is 2.09 bits per heavy atom. The van der Waals surface area contributed by atoms with E-state index < -0.39 is 23.4 Å². The number of rotatable bonds is 10. The van der Waals surface area contributed by atoms with Crippen molar-refractivity contribution in [3.8, 4) is 0 Å². The molecule has 0 saturated carbocycles. The zero-order valence-corrected chi connectivity index (χ0v) is 15.3. The number of halogens is 3. The summed E-state index contributed by atoms with van der Waals surface area (Å²) in [7, 11) is 0.464. The molecule has 3 nitrogen and oxygen atoms in total. The van der Waals surface area contributed by atoms with Gasteiger partial charge in [0, 0.05) is 25.7 Å². The van der Waals surface area contributed by atoms with Crippen molar-refractivity contribution >= 4 is 10.5 Å². The van der Waals surface area contributed by atoms with E-state index in [1.54, 1.807) is 0 Å². The summed E-state index contributed by atoms with van der Waals surface area (Å²) in [4.78, 5) is 0. The lowest BCUT2D eigenvalue weighted by Crippen LogP contribution is -2.38. The number of aryl methyl sites for hydroxylation is 1. The fourth-order valence-corrected chi connectivity index (χ4v) is 2.70. The van der Waals surface area contributed by atoms with Crippen LogP contribution in [-0.2, 0) is 20.3 Å². The van der Waals surface area contributed by atoms with Gasteiger partial charge in [-0.15, -0.1) is 0 Å². The molecule has 126 valence electrons. The van der Waals surface area contributed by atoms with Gasteiger partial charge in [-0.25, -0.2) is 13.2 Å². The van der Waals surface area contributed by atoms with Crippen molar-refractivity contribution in [1.29, 1.82) is 0 Å². The van der Waals surface area contributed by atoms with Gasteiger partial charge in [0.05, 0.1) is 0 Å². The molecule has 0 unspecified atom stereocenters. The molecule has 0 bridgehead atoms. The maximum atomic E-state index is 13.5. The van der Waals surface area contributed by atoms with Gasteiger partial charge in [-0.05, 0) is 44.7 Å². The molecular formula is C15H23F3O3Si. The van der Waals surface area contributed by atoms with Crippen LogP contribution in [0.4, 0.5) is 13.2 Å². The van der Waals surface area contributed by atoms with Gasteiger partial charge >= 0.3 is 0 Å². The Bertz CT molecular complexity index is 466. The second-order valence-electron chi connectivity index (χ2n) is 4.82. The van der Waals surface area contributed by atoms with Crippen LogP contribution < -0.4 is 0 Å². The summed E-state index contributed by atoms with van der Waals surface area (Å²) < 4.78 is 56.0. The Balaban J connectivity index is 2.54. The molecule has 0 spiro atoms. The van der Waals surface area contributed by atoms with Crippen LogP contribution in [0.2, 0.25) is 0 Å². The second-order valence-corrected chi connectivity index (χ2v) is 5.23. The minimum atomic E-state index is -1.17. The number of ether oxygens (including phenoxy) is 2. The molecule has 0 amide bonds. The largest absolute Gasteiger partial charge is 0.380 e. The zero-order valence-electron chi connectivity index (χ0n) is 13.3. The van der Waals surface area contributed by atoms with Crippen molar-refractivity contribution in [1.82, 2.24) is 0 Å². The van der Waals surface area contributed by atoms with Crippen molar-refractivity contribution in [3.05, 3.63) is 35.1 Å². The van der Waals surface area contributed by atoms with Crippen molar-refractivity contribution in [2.24, 2.45) is 0 Å². The van der Waals surface area contributed by atoms with Gasteiger partial charge in [0.25, 0.3) is 5.97 Å². The van der Waals surface area contributed by atoms with Gasteiger partial charge in [0.1, 0.15) is 5.82 Å². The van der Waals surface area contributed by atoms with E-state index in [2.05, 4.69) is 0 Å². The highest BCUT2D eigenvalue weighted by Crippen LogP contribution is 2.23. The highest BCUT2D eigenvalue weighted by atomic mass is 28.2. The van der Waals surface area contributed by atoms with Gasteiger partial charge in [-0.2, -0.15) is 0 Å². The average Bonchev–Trinajstić information content (AvgIpc) is 2.48. The Kier molecular flexibility index (Phi) is 8.09. The maximum Gasteiger partial charge on any atom is 0.272 e. The summed E-state index contributed by atoms with van der Waals surface area (Å²) >= 11 is 0. The van der Waals surface area contributed by atoms with E-state index >= 15 is 0 Å². The normalized spacial score (nSPS) is 12.0. The van der Waals surface area contributed by atoms with Crippen molar-refractivity contribution < 1.29 is 27.1 Å². The van der Waals surface area contributed by atoms with Crippen LogP contribution >= 0.6 is 0 Å². The Morgan fingerprint density at radius 2 is 1.55 bits per heavy atom. The quantitative estimate of drug-likeness (QED) is 0.285. The summed E-state index contributed by atoms with van der Waals surface area (Å²) in [5, 5.41) is 0. The molecule has 0 radical (unpaired) electrons.